The van der Waals surface area contributed by atoms with E-state index in [-0.39, 0.29) is 5.91 Å². The summed E-state index contributed by atoms with van der Waals surface area (Å²) >= 11 is 0. The van der Waals surface area contributed by atoms with Crippen LogP contribution in [-0.4, -0.2) is 37.5 Å². The van der Waals surface area contributed by atoms with Gasteiger partial charge in [-0.25, -0.2) is 0 Å². The lowest BCUT2D eigenvalue weighted by atomic mass is 9.86. The lowest BCUT2D eigenvalue weighted by Crippen LogP contribution is -2.29. The van der Waals surface area contributed by atoms with Crippen molar-refractivity contribution in [3.8, 4) is 11.1 Å². The minimum atomic E-state index is 0.0777. The van der Waals surface area contributed by atoms with Gasteiger partial charge < -0.3 is 10.2 Å². The van der Waals surface area contributed by atoms with E-state index in [1.54, 1.807) is 0 Å². The Kier molecular flexibility index (Phi) is 4.12. The van der Waals surface area contributed by atoms with E-state index in [1.807, 2.05) is 0 Å². The van der Waals surface area contributed by atoms with E-state index in [4.69, 9.17) is 0 Å². The van der Waals surface area contributed by atoms with Crippen LogP contribution in [0.3, 0.4) is 0 Å². The number of amides is 1. The van der Waals surface area contributed by atoms with Gasteiger partial charge >= 0.3 is 0 Å². The molecular formula is C22H26N2O. The fraction of sp³-hybridized carbons (Fsp3) is 0.409. The van der Waals surface area contributed by atoms with Gasteiger partial charge in [0.25, 0.3) is 5.91 Å². The van der Waals surface area contributed by atoms with Crippen LogP contribution in [-0.2, 0) is 0 Å². The summed E-state index contributed by atoms with van der Waals surface area (Å²) in [5.41, 5.74) is 5.71. The van der Waals surface area contributed by atoms with Gasteiger partial charge in [0.2, 0.25) is 0 Å². The third kappa shape index (κ3) is 2.98. The van der Waals surface area contributed by atoms with Gasteiger partial charge in [-0.1, -0.05) is 50.2 Å². The molecule has 2 atom stereocenters. The molecule has 1 saturated heterocycles. The highest BCUT2D eigenvalue weighted by Gasteiger charge is 2.36. The molecule has 0 saturated carbocycles. The molecule has 0 bridgehead atoms. The van der Waals surface area contributed by atoms with Gasteiger partial charge in [0.05, 0.1) is 0 Å². The Hall–Kier alpha value is -2.13. The summed E-state index contributed by atoms with van der Waals surface area (Å²) in [7, 11) is 2.17. The van der Waals surface area contributed by atoms with Crippen molar-refractivity contribution < 1.29 is 4.79 Å². The van der Waals surface area contributed by atoms with Crippen molar-refractivity contribution >= 4 is 5.91 Å². The van der Waals surface area contributed by atoms with Crippen LogP contribution in [0.1, 0.15) is 47.2 Å². The molecule has 2 aromatic carbocycles. The highest BCUT2D eigenvalue weighted by atomic mass is 16.1. The molecule has 2 heterocycles. The number of likely N-dealkylation sites (N-methyl/N-ethyl adjacent to an activating group) is 1. The number of hydrogen-bond acceptors (Lipinski definition) is 2. The van der Waals surface area contributed by atoms with Crippen LogP contribution in [0.5, 0.6) is 0 Å². The number of carbonyl (C=O) groups excluding carboxylic acids is 1. The van der Waals surface area contributed by atoms with Gasteiger partial charge in [-0.05, 0) is 47.2 Å². The molecule has 130 valence electrons. The predicted octanol–water partition coefficient (Wildman–Crippen LogP) is 3.87. The zero-order chi connectivity index (χ0) is 17.6. The highest BCUT2D eigenvalue weighted by Crippen LogP contribution is 2.37. The van der Waals surface area contributed by atoms with Crippen LogP contribution in [0.25, 0.3) is 11.1 Å². The van der Waals surface area contributed by atoms with Gasteiger partial charge in [-0.3, -0.25) is 4.79 Å². The van der Waals surface area contributed by atoms with Gasteiger partial charge in [0.1, 0.15) is 0 Å². The summed E-state index contributed by atoms with van der Waals surface area (Å²) in [4.78, 5) is 15.0. The van der Waals surface area contributed by atoms with Crippen LogP contribution in [0.4, 0.5) is 0 Å². The maximum absolute atomic E-state index is 12.7. The van der Waals surface area contributed by atoms with Crippen molar-refractivity contribution in [2.24, 2.45) is 5.92 Å². The number of fused-ring (bicyclic) bond motifs is 3. The van der Waals surface area contributed by atoms with E-state index in [9.17, 15) is 4.79 Å². The molecule has 3 nitrogen and oxygen atoms in total. The molecule has 0 unspecified atom stereocenters. The number of nitrogens with one attached hydrogen (secondary N) is 1. The van der Waals surface area contributed by atoms with E-state index in [2.05, 4.69) is 73.6 Å². The number of benzene rings is 2. The second kappa shape index (κ2) is 6.30. The molecule has 0 aliphatic carbocycles. The topological polar surface area (TPSA) is 32.3 Å². The number of carbonyl (C=O) groups is 1. The molecule has 1 fully saturated rings. The quantitative estimate of drug-likeness (QED) is 0.904. The summed E-state index contributed by atoms with van der Waals surface area (Å²) in [5.74, 6) is 1.55. The first-order valence-electron chi connectivity index (χ1n) is 9.24. The standard InChI is InChI=1S/C22H26N2O/c1-14(2)15-5-4-6-16(9-15)17-7-8-19-20(10-17)22(25)23-11-18-12-24(3)13-21(18)19/h4-10,14,18,21H,11-13H2,1-3H3,(H,23,25)/t18-,21-/m1/s1. The average molecular weight is 334 g/mol. The summed E-state index contributed by atoms with van der Waals surface area (Å²) in [6.07, 6.45) is 0. The van der Waals surface area contributed by atoms with Crippen LogP contribution in [0.15, 0.2) is 42.5 Å². The Morgan fingerprint density at radius 2 is 1.88 bits per heavy atom. The SMILES string of the molecule is CC(C)c1cccc(-c2ccc3c(c2)C(=O)NC[C@@H]2CN(C)C[C@@H]32)c1. The van der Waals surface area contributed by atoms with Gasteiger partial charge in [0, 0.05) is 31.1 Å². The van der Waals surface area contributed by atoms with Gasteiger partial charge in [-0.15, -0.1) is 0 Å². The van der Waals surface area contributed by atoms with E-state index in [0.29, 0.717) is 17.8 Å². The molecule has 3 heteroatoms. The number of nitrogens with zero attached hydrogens (tertiary/aromatic N) is 1. The maximum atomic E-state index is 12.7. The minimum absolute atomic E-state index is 0.0777. The molecule has 25 heavy (non-hydrogen) atoms. The smallest absolute Gasteiger partial charge is 0.251 e. The highest BCUT2D eigenvalue weighted by molar-refractivity contribution is 5.97. The zero-order valence-electron chi connectivity index (χ0n) is 15.3. The first kappa shape index (κ1) is 16.3. The number of likely N-dealkylation sites (tertiary alicyclic amines) is 1. The molecule has 0 radical (unpaired) electrons. The molecule has 1 amide bonds. The second-order valence-corrected chi connectivity index (χ2v) is 7.88. The first-order valence-corrected chi connectivity index (χ1v) is 9.24. The van der Waals surface area contributed by atoms with Crippen molar-refractivity contribution in [3.05, 3.63) is 59.2 Å². The van der Waals surface area contributed by atoms with Crippen LogP contribution in [0.2, 0.25) is 0 Å². The molecule has 0 spiro atoms. The Bertz CT molecular complexity index is 811. The van der Waals surface area contributed by atoms with Crippen LogP contribution < -0.4 is 5.32 Å². The summed E-state index contributed by atoms with van der Waals surface area (Å²) in [5, 5.41) is 3.14. The van der Waals surface area contributed by atoms with E-state index < -0.39 is 0 Å². The van der Waals surface area contributed by atoms with E-state index in [0.717, 1.165) is 30.8 Å². The molecule has 0 aromatic heterocycles. The summed E-state index contributed by atoms with van der Waals surface area (Å²) in [6, 6.07) is 15.1. The third-order valence-corrected chi connectivity index (χ3v) is 5.73. The third-order valence-electron chi connectivity index (χ3n) is 5.73. The Morgan fingerprint density at radius 1 is 1.08 bits per heavy atom. The normalized spacial score (nSPS) is 23.1. The predicted molar refractivity (Wildman–Crippen MR) is 102 cm³/mol. The van der Waals surface area contributed by atoms with Gasteiger partial charge in [0.15, 0.2) is 0 Å². The Balaban J connectivity index is 1.77. The number of rotatable bonds is 2. The molecule has 4 rings (SSSR count). The monoisotopic (exact) mass is 334 g/mol. The largest absolute Gasteiger partial charge is 0.352 e. The fourth-order valence-electron chi connectivity index (χ4n) is 4.30. The molecule has 2 aromatic rings. The van der Waals surface area contributed by atoms with Crippen LogP contribution in [0, 0.1) is 5.92 Å². The molecule has 2 aliphatic heterocycles. The lowest BCUT2D eigenvalue weighted by molar-refractivity contribution is 0.0951. The van der Waals surface area contributed by atoms with Crippen molar-refractivity contribution in [2.45, 2.75) is 25.7 Å². The molecule has 2 aliphatic rings. The zero-order valence-corrected chi connectivity index (χ0v) is 15.3. The average Bonchev–Trinajstić information content (AvgIpc) is 2.94. The van der Waals surface area contributed by atoms with Crippen molar-refractivity contribution in [1.82, 2.24) is 10.2 Å². The Labute approximate surface area is 150 Å². The van der Waals surface area contributed by atoms with E-state index >= 15 is 0 Å². The Morgan fingerprint density at radius 3 is 2.68 bits per heavy atom. The van der Waals surface area contributed by atoms with Crippen molar-refractivity contribution in [2.75, 3.05) is 26.7 Å². The second-order valence-electron chi connectivity index (χ2n) is 7.88. The van der Waals surface area contributed by atoms with Crippen LogP contribution >= 0.6 is 0 Å². The summed E-state index contributed by atoms with van der Waals surface area (Å²) < 4.78 is 0. The minimum Gasteiger partial charge on any atom is -0.352 e. The lowest BCUT2D eigenvalue weighted by Gasteiger charge is -2.17. The maximum Gasteiger partial charge on any atom is 0.251 e. The summed E-state index contributed by atoms with van der Waals surface area (Å²) in [6.45, 7) is 7.29. The van der Waals surface area contributed by atoms with Crippen molar-refractivity contribution in [3.63, 3.8) is 0 Å². The molecule has 1 N–H and O–H groups in total. The van der Waals surface area contributed by atoms with Gasteiger partial charge in [-0.2, -0.15) is 0 Å². The van der Waals surface area contributed by atoms with E-state index in [1.165, 1.54) is 16.7 Å². The number of hydrogen-bond donors (Lipinski definition) is 1. The molecular weight excluding hydrogens is 308 g/mol. The van der Waals surface area contributed by atoms with Crippen molar-refractivity contribution in [1.29, 1.82) is 0 Å². The fourth-order valence-corrected chi connectivity index (χ4v) is 4.30. The first-order chi connectivity index (χ1) is 12.0.